The molecule has 296 valence electrons. The molecule has 8 aliphatic rings. The lowest BCUT2D eigenvalue weighted by Gasteiger charge is -2.38. The fraction of sp³-hybridized carbons (Fsp3) is 0.750. The molecule has 4 saturated heterocycles. The van der Waals surface area contributed by atoms with Crippen LogP contribution >= 0.6 is 0 Å². The van der Waals surface area contributed by atoms with E-state index in [9.17, 15) is 0 Å². The van der Waals surface area contributed by atoms with Crippen LogP contribution in [-0.2, 0) is 30.1 Å². The summed E-state index contributed by atoms with van der Waals surface area (Å²) in [6, 6.07) is 18.3. The van der Waals surface area contributed by atoms with E-state index in [1.165, 1.54) is 120 Å². The van der Waals surface area contributed by atoms with Crippen molar-refractivity contribution >= 4 is 0 Å². The maximum absolute atomic E-state index is 6.02. The van der Waals surface area contributed by atoms with Crippen LogP contribution in [0, 0.1) is 29.6 Å². The molecule has 4 aliphatic heterocycles. The van der Waals surface area contributed by atoms with Crippen LogP contribution in [0.15, 0.2) is 48.5 Å². The maximum atomic E-state index is 6.02. The molecule has 4 saturated carbocycles. The van der Waals surface area contributed by atoms with Crippen molar-refractivity contribution in [3.8, 4) is 5.75 Å². The van der Waals surface area contributed by atoms with Crippen LogP contribution in [0.4, 0.5) is 0 Å². The minimum atomic E-state index is 0.323. The van der Waals surface area contributed by atoms with Crippen molar-refractivity contribution in [3.05, 3.63) is 65.2 Å². The zero-order valence-electron chi connectivity index (χ0n) is 33.0. The second kappa shape index (κ2) is 18.1. The molecule has 4 aliphatic carbocycles. The molecule has 0 aromatic heterocycles. The number of epoxide rings is 4. The van der Waals surface area contributed by atoms with Crippen LogP contribution in [0.3, 0.4) is 0 Å². The molecule has 2 aromatic rings. The van der Waals surface area contributed by atoms with Gasteiger partial charge in [-0.25, -0.2) is 0 Å². The summed E-state index contributed by atoms with van der Waals surface area (Å²) in [5.41, 5.74) is 4.52. The first-order chi connectivity index (χ1) is 26.7. The third kappa shape index (κ3) is 11.1. The highest BCUT2D eigenvalue weighted by Crippen LogP contribution is 2.46. The molecule has 0 spiro atoms. The normalized spacial score (nSPS) is 38.4. The molecule has 0 radical (unpaired) electrons. The molecule has 6 heteroatoms. The third-order valence-corrected chi connectivity index (χ3v) is 14.9. The Kier molecular flexibility index (Phi) is 12.6. The summed E-state index contributed by atoms with van der Waals surface area (Å²) < 4.78 is 33.0. The van der Waals surface area contributed by atoms with Crippen LogP contribution in [-0.4, -0.2) is 70.2 Å². The highest BCUT2D eigenvalue weighted by Gasteiger charge is 2.35. The molecule has 4 unspecified atom stereocenters. The summed E-state index contributed by atoms with van der Waals surface area (Å²) in [7, 11) is 0. The maximum Gasteiger partial charge on any atom is 0.119 e. The van der Waals surface area contributed by atoms with Crippen LogP contribution in [0.2, 0.25) is 0 Å². The van der Waals surface area contributed by atoms with Crippen molar-refractivity contribution in [2.45, 2.75) is 158 Å². The second-order valence-corrected chi connectivity index (χ2v) is 18.8. The number of hydrogen-bond acceptors (Lipinski definition) is 6. The second-order valence-electron chi connectivity index (χ2n) is 18.8. The van der Waals surface area contributed by atoms with Crippen molar-refractivity contribution in [2.75, 3.05) is 39.6 Å². The van der Waals surface area contributed by atoms with E-state index in [-0.39, 0.29) is 0 Å². The summed E-state index contributed by atoms with van der Waals surface area (Å²) in [5.74, 6) is 7.37. The van der Waals surface area contributed by atoms with E-state index in [1.807, 2.05) is 0 Å². The van der Waals surface area contributed by atoms with E-state index in [2.05, 4.69) is 48.5 Å². The standard InChI is InChI=1S/C24H34O4.C24H34O2/c1-2-18(20-7-11-22(12-8-20)26-14-24-16-28-24)4-3-17(1)19-5-9-21(10-6-19)25-13-23-15-27-23;1-5-19(6-2-17(1)13-23-15-25-23)21-9-11-22(12-10-21)20-7-3-18(4-8-20)14-24-16-26-24/h5-6,9-10,17-18,20,22-24H,1-4,7-8,11-16H2;1-2,5-6,18,20-24H,3-4,7-16H2. The van der Waals surface area contributed by atoms with Crippen molar-refractivity contribution in [1.29, 1.82) is 0 Å². The van der Waals surface area contributed by atoms with Gasteiger partial charge in [-0.1, -0.05) is 49.2 Å². The van der Waals surface area contributed by atoms with Gasteiger partial charge in [0.15, 0.2) is 0 Å². The average molecular weight is 741 g/mol. The number of ether oxygens (including phenoxy) is 6. The lowest BCUT2D eigenvalue weighted by Crippen LogP contribution is -2.29. The molecule has 0 N–H and O–H groups in total. The van der Waals surface area contributed by atoms with Gasteiger partial charge < -0.3 is 28.4 Å². The lowest BCUT2D eigenvalue weighted by molar-refractivity contribution is 0.00133. The largest absolute Gasteiger partial charge is 0.491 e. The quantitative estimate of drug-likeness (QED) is 0.180. The minimum Gasteiger partial charge on any atom is -0.491 e. The summed E-state index contributed by atoms with van der Waals surface area (Å²) in [5, 5.41) is 0. The Morgan fingerprint density at radius 3 is 1.39 bits per heavy atom. The SMILES string of the molecule is c1cc(C2CCC(C3CCC(CC4CO4)CC3)CC2)ccc1CC1CO1.c1cc(C2CCC(C3CCC(OCC4CO4)CC3)CC2)ccc1OCC1CO1. The van der Waals surface area contributed by atoms with Crippen LogP contribution in [0.25, 0.3) is 0 Å². The molecule has 4 heterocycles. The minimum absolute atomic E-state index is 0.323. The molecular formula is C48H68O6. The van der Waals surface area contributed by atoms with E-state index in [1.54, 1.807) is 5.56 Å². The Morgan fingerprint density at radius 2 is 0.889 bits per heavy atom. The molecular weight excluding hydrogens is 673 g/mol. The van der Waals surface area contributed by atoms with Crippen molar-refractivity contribution in [1.82, 2.24) is 0 Å². The average Bonchev–Trinajstić information content (AvgIpc) is 4.01. The first-order valence-corrected chi connectivity index (χ1v) is 22.6. The van der Waals surface area contributed by atoms with Gasteiger partial charge in [0, 0.05) is 6.42 Å². The molecule has 54 heavy (non-hydrogen) atoms. The Morgan fingerprint density at radius 1 is 0.444 bits per heavy atom. The van der Waals surface area contributed by atoms with Gasteiger partial charge in [0.1, 0.15) is 24.6 Å². The lowest BCUT2D eigenvalue weighted by atomic mass is 9.68. The van der Waals surface area contributed by atoms with E-state index in [0.29, 0.717) is 37.1 Å². The van der Waals surface area contributed by atoms with Crippen molar-refractivity contribution < 1.29 is 28.4 Å². The summed E-state index contributed by atoms with van der Waals surface area (Å²) in [6.45, 7) is 5.27. The molecule has 10 rings (SSSR count). The Hall–Kier alpha value is -1.96. The van der Waals surface area contributed by atoms with Crippen LogP contribution in [0.1, 0.15) is 138 Å². The molecule has 2 aromatic carbocycles. The Balaban J connectivity index is 0.000000143. The van der Waals surface area contributed by atoms with Gasteiger partial charge in [-0.3, -0.25) is 0 Å². The van der Waals surface area contributed by atoms with E-state index < -0.39 is 0 Å². The molecule has 0 bridgehead atoms. The van der Waals surface area contributed by atoms with E-state index >= 15 is 0 Å². The summed E-state index contributed by atoms with van der Waals surface area (Å²) >= 11 is 0. The fourth-order valence-corrected chi connectivity index (χ4v) is 11.0. The van der Waals surface area contributed by atoms with E-state index in [0.717, 1.165) is 86.6 Å². The van der Waals surface area contributed by atoms with Gasteiger partial charge in [0.05, 0.1) is 51.3 Å². The first-order valence-electron chi connectivity index (χ1n) is 22.6. The monoisotopic (exact) mass is 741 g/mol. The van der Waals surface area contributed by atoms with E-state index in [4.69, 9.17) is 28.4 Å². The molecule has 6 nitrogen and oxygen atoms in total. The first kappa shape index (κ1) is 37.6. The molecule has 0 amide bonds. The van der Waals surface area contributed by atoms with Gasteiger partial charge in [0.2, 0.25) is 0 Å². The Labute approximate surface area is 325 Å². The highest BCUT2D eigenvalue weighted by atomic mass is 16.6. The molecule has 4 atom stereocenters. The summed E-state index contributed by atoms with van der Waals surface area (Å²) in [4.78, 5) is 0. The smallest absolute Gasteiger partial charge is 0.119 e. The summed E-state index contributed by atoms with van der Waals surface area (Å²) in [6.07, 6.45) is 27.2. The third-order valence-electron chi connectivity index (χ3n) is 14.9. The van der Waals surface area contributed by atoms with Gasteiger partial charge in [-0.15, -0.1) is 0 Å². The topological polar surface area (TPSA) is 68.6 Å². The van der Waals surface area contributed by atoms with Gasteiger partial charge in [0.25, 0.3) is 0 Å². The van der Waals surface area contributed by atoms with Crippen LogP contribution < -0.4 is 4.74 Å². The highest BCUT2D eigenvalue weighted by molar-refractivity contribution is 5.30. The van der Waals surface area contributed by atoms with Gasteiger partial charge in [-0.2, -0.15) is 0 Å². The molecule has 8 fully saturated rings. The van der Waals surface area contributed by atoms with Crippen molar-refractivity contribution in [2.24, 2.45) is 29.6 Å². The Bertz CT molecular complexity index is 1400. The number of rotatable bonds is 14. The predicted molar refractivity (Wildman–Crippen MR) is 212 cm³/mol. The zero-order chi connectivity index (χ0) is 36.1. The fourth-order valence-electron chi connectivity index (χ4n) is 11.0. The van der Waals surface area contributed by atoms with Crippen LogP contribution in [0.5, 0.6) is 5.75 Å². The van der Waals surface area contributed by atoms with Gasteiger partial charge in [-0.05, 0) is 167 Å². The van der Waals surface area contributed by atoms with Crippen molar-refractivity contribution in [3.63, 3.8) is 0 Å². The predicted octanol–water partition coefficient (Wildman–Crippen LogP) is 10.2. The number of benzene rings is 2. The van der Waals surface area contributed by atoms with Gasteiger partial charge >= 0.3 is 0 Å². The number of hydrogen-bond donors (Lipinski definition) is 0. The zero-order valence-corrected chi connectivity index (χ0v) is 33.0.